The number of aliphatic imine (C=N–C) groups is 1. The molecule has 14 nitrogen and oxygen atoms in total. The molecule has 5 aromatic rings. The fourth-order valence-corrected chi connectivity index (χ4v) is 5.57. The van der Waals surface area contributed by atoms with Gasteiger partial charge < -0.3 is 35.7 Å². The van der Waals surface area contributed by atoms with E-state index in [1.807, 2.05) is 55.5 Å². The topological polar surface area (TPSA) is 180 Å². The molecule has 2 heterocycles. The van der Waals surface area contributed by atoms with Gasteiger partial charge in [-0.2, -0.15) is 15.0 Å². The lowest BCUT2D eigenvalue weighted by atomic mass is 9.84. The number of nitrogens with zero attached hydrogens (tertiary/aromatic N) is 5. The van der Waals surface area contributed by atoms with Gasteiger partial charge in [-0.1, -0.05) is 43.3 Å². The highest BCUT2D eigenvalue weighted by Crippen LogP contribution is 2.26. The number of allylic oxidation sites excluding steroid dienone is 1. The van der Waals surface area contributed by atoms with E-state index >= 15 is 0 Å². The number of fused-ring (bicyclic) bond motifs is 1. The van der Waals surface area contributed by atoms with Crippen molar-refractivity contribution in [3.63, 3.8) is 0 Å². The lowest BCUT2D eigenvalue weighted by Crippen LogP contribution is -2.35. The van der Waals surface area contributed by atoms with Crippen molar-refractivity contribution in [1.82, 2.24) is 35.6 Å². The van der Waals surface area contributed by atoms with Crippen LogP contribution in [0.1, 0.15) is 29.3 Å². The number of carbonyl (C=O) groups is 2. The number of ether oxygens (including phenoxy) is 2. The zero-order chi connectivity index (χ0) is 36.8. The summed E-state index contributed by atoms with van der Waals surface area (Å²) in [5.41, 5.74) is 4.60. The highest BCUT2D eigenvalue weighted by molar-refractivity contribution is 5.99. The zero-order valence-electron chi connectivity index (χ0n) is 29.2. The van der Waals surface area contributed by atoms with Gasteiger partial charge in [0.2, 0.25) is 17.8 Å². The Balaban J connectivity index is 1.02. The summed E-state index contributed by atoms with van der Waals surface area (Å²) in [4.78, 5) is 50.8. The average Bonchev–Trinajstić information content (AvgIpc) is 3.64. The van der Waals surface area contributed by atoms with Gasteiger partial charge in [0, 0.05) is 36.6 Å². The van der Waals surface area contributed by atoms with Crippen LogP contribution in [0, 0.1) is 17.7 Å². The number of halogens is 1. The number of rotatable bonds is 17. The molecule has 0 fully saturated rings. The maximum atomic E-state index is 13.2. The summed E-state index contributed by atoms with van der Waals surface area (Å²) in [6.45, 7) is 4.63. The Morgan fingerprint density at radius 2 is 1.68 bits per heavy atom. The maximum Gasteiger partial charge on any atom is 0.256 e. The van der Waals surface area contributed by atoms with Crippen LogP contribution in [-0.2, 0) is 20.8 Å². The molecule has 6 rings (SSSR count). The van der Waals surface area contributed by atoms with E-state index in [9.17, 15) is 14.0 Å². The van der Waals surface area contributed by atoms with Gasteiger partial charge in [-0.25, -0.2) is 14.4 Å². The summed E-state index contributed by atoms with van der Waals surface area (Å²) in [6.07, 6.45) is 5.83. The number of hydrogen-bond acceptors (Lipinski definition) is 11. The van der Waals surface area contributed by atoms with Gasteiger partial charge in [-0.05, 0) is 66.4 Å². The molecule has 0 radical (unpaired) electrons. The molecule has 0 spiro atoms. The van der Waals surface area contributed by atoms with Crippen molar-refractivity contribution in [3.8, 4) is 0 Å². The second-order valence-electron chi connectivity index (χ2n) is 12.3. The van der Waals surface area contributed by atoms with E-state index in [0.29, 0.717) is 69.9 Å². The van der Waals surface area contributed by atoms with Crippen molar-refractivity contribution in [1.29, 1.82) is 0 Å². The Labute approximate surface area is 305 Å². The third kappa shape index (κ3) is 11.0. The molecule has 0 saturated heterocycles. The van der Waals surface area contributed by atoms with Crippen molar-refractivity contribution >= 4 is 52.1 Å². The summed E-state index contributed by atoms with van der Waals surface area (Å²) in [5.74, 6) is -0.130. The average molecular weight is 721 g/mol. The number of imidazole rings is 1. The van der Waals surface area contributed by atoms with Gasteiger partial charge >= 0.3 is 0 Å². The minimum absolute atomic E-state index is 0.0284. The van der Waals surface area contributed by atoms with Gasteiger partial charge in [0.05, 0.1) is 49.7 Å². The summed E-state index contributed by atoms with van der Waals surface area (Å²) in [7, 11) is 0. The first kappa shape index (κ1) is 36.7. The first-order valence-corrected chi connectivity index (χ1v) is 17.4. The maximum absolute atomic E-state index is 13.2. The molecule has 2 amide bonds. The fourth-order valence-electron chi connectivity index (χ4n) is 5.57. The Hall–Kier alpha value is -6.06. The predicted molar refractivity (Wildman–Crippen MR) is 200 cm³/mol. The number of benzene rings is 3. The molecular formula is C38H41FN10O4. The molecule has 1 aliphatic rings. The monoisotopic (exact) mass is 720 g/mol. The molecule has 0 aliphatic heterocycles. The van der Waals surface area contributed by atoms with Gasteiger partial charge in [-0.3, -0.25) is 9.59 Å². The van der Waals surface area contributed by atoms with Crippen molar-refractivity contribution < 1.29 is 23.5 Å². The molecule has 0 saturated carbocycles. The standard InChI is InChI=1S/C38H41FN10O4/c1-25-21-29(11-13-31(25)35(51)42-23-26-7-9-28(39)10-8-26)45-37-47-36(48-38(49-37)46-30-12-14-32-33(22-30)44-24-43-32)41-16-18-53-20-19-52-17-15-40-34(50)27-5-3-2-4-6-27/h2-14,22,24-25,31H,15-21,23H2,1H3,(H,40,50)(H,42,51)(H,43,44)(H2,41,46,47,48,49). The Morgan fingerprint density at radius 1 is 0.906 bits per heavy atom. The third-order valence-corrected chi connectivity index (χ3v) is 8.34. The Morgan fingerprint density at radius 3 is 2.47 bits per heavy atom. The van der Waals surface area contributed by atoms with Crippen molar-refractivity contribution in [2.24, 2.45) is 16.8 Å². The van der Waals surface area contributed by atoms with Crippen LogP contribution >= 0.6 is 0 Å². The van der Waals surface area contributed by atoms with E-state index in [-0.39, 0.29) is 35.4 Å². The van der Waals surface area contributed by atoms with Gasteiger partial charge in [0.25, 0.3) is 11.9 Å². The minimum Gasteiger partial charge on any atom is -0.377 e. The van der Waals surface area contributed by atoms with E-state index in [4.69, 9.17) is 14.5 Å². The molecule has 274 valence electrons. The summed E-state index contributed by atoms with van der Waals surface area (Å²) in [6, 6.07) is 20.8. The van der Waals surface area contributed by atoms with Crippen LogP contribution < -0.4 is 21.3 Å². The number of aromatic amines is 1. The quantitative estimate of drug-likeness (QED) is 0.0811. The molecule has 3 aromatic carbocycles. The second-order valence-corrected chi connectivity index (χ2v) is 12.3. The van der Waals surface area contributed by atoms with E-state index in [1.165, 1.54) is 12.1 Å². The molecule has 5 N–H and O–H groups in total. The van der Waals surface area contributed by atoms with Crippen LogP contribution in [-0.4, -0.2) is 82.0 Å². The van der Waals surface area contributed by atoms with Crippen LogP contribution in [0.15, 0.2) is 96.3 Å². The highest BCUT2D eigenvalue weighted by Gasteiger charge is 2.27. The number of nitrogens with one attached hydrogen (secondary N) is 5. The van der Waals surface area contributed by atoms with Crippen LogP contribution in [0.25, 0.3) is 11.0 Å². The number of anilines is 3. The fraction of sp³-hybridized carbons (Fsp3) is 0.289. The molecule has 1 aliphatic carbocycles. The lowest BCUT2D eigenvalue weighted by molar-refractivity contribution is -0.125. The molecule has 2 atom stereocenters. The lowest BCUT2D eigenvalue weighted by Gasteiger charge is -2.24. The van der Waals surface area contributed by atoms with Crippen LogP contribution in [0.2, 0.25) is 0 Å². The normalized spacial score (nSPS) is 16.1. The Bertz CT molecular complexity index is 2040. The van der Waals surface area contributed by atoms with E-state index in [0.717, 1.165) is 28.0 Å². The second kappa shape index (κ2) is 18.4. The number of aromatic nitrogens is 5. The number of H-pyrrole nitrogens is 1. The van der Waals surface area contributed by atoms with Crippen molar-refractivity contribution in [2.75, 3.05) is 50.2 Å². The van der Waals surface area contributed by atoms with Gasteiger partial charge in [-0.15, -0.1) is 0 Å². The molecule has 2 aromatic heterocycles. The number of carbonyl (C=O) groups excluding carboxylic acids is 2. The van der Waals surface area contributed by atoms with E-state index in [1.54, 1.807) is 30.6 Å². The predicted octanol–water partition coefficient (Wildman–Crippen LogP) is 5.11. The van der Waals surface area contributed by atoms with E-state index < -0.39 is 0 Å². The number of hydrogen-bond donors (Lipinski definition) is 5. The molecule has 15 heteroatoms. The van der Waals surface area contributed by atoms with Gasteiger partial charge in [0.15, 0.2) is 0 Å². The Kier molecular flexibility index (Phi) is 12.8. The third-order valence-electron chi connectivity index (χ3n) is 8.34. The molecule has 0 bridgehead atoms. The summed E-state index contributed by atoms with van der Waals surface area (Å²) in [5, 5.41) is 12.2. The number of amides is 2. The minimum atomic E-state index is -0.342. The summed E-state index contributed by atoms with van der Waals surface area (Å²) >= 11 is 0. The van der Waals surface area contributed by atoms with Gasteiger partial charge in [0.1, 0.15) is 5.82 Å². The molecular weight excluding hydrogens is 679 g/mol. The molecule has 2 unspecified atom stereocenters. The first-order chi connectivity index (χ1) is 25.9. The van der Waals surface area contributed by atoms with E-state index in [2.05, 4.69) is 46.2 Å². The van der Waals surface area contributed by atoms with Crippen LogP contribution in [0.4, 0.5) is 27.9 Å². The van der Waals surface area contributed by atoms with Crippen molar-refractivity contribution in [2.45, 2.75) is 19.9 Å². The SMILES string of the molecule is CC1CC(=Nc2nc(NCCOCCOCCNC(=O)c3ccccc3)nc(Nc3ccc4nc[nH]c4c3)n2)C=CC1C(=O)NCc1ccc(F)cc1. The molecule has 53 heavy (non-hydrogen) atoms. The van der Waals surface area contributed by atoms with Crippen LogP contribution in [0.5, 0.6) is 0 Å². The highest BCUT2D eigenvalue weighted by atomic mass is 19.1. The first-order valence-electron chi connectivity index (χ1n) is 17.4. The van der Waals surface area contributed by atoms with Crippen molar-refractivity contribution in [3.05, 3.63) is 108 Å². The summed E-state index contributed by atoms with van der Waals surface area (Å²) < 4.78 is 24.5. The zero-order valence-corrected chi connectivity index (χ0v) is 29.2. The smallest absolute Gasteiger partial charge is 0.256 e. The van der Waals surface area contributed by atoms with Crippen LogP contribution in [0.3, 0.4) is 0 Å². The largest absolute Gasteiger partial charge is 0.377 e.